The van der Waals surface area contributed by atoms with Gasteiger partial charge in [0.1, 0.15) is 6.61 Å². The minimum atomic E-state index is 0.147. The summed E-state index contributed by atoms with van der Waals surface area (Å²) in [6.07, 6.45) is 7.48. The smallest absolute Gasteiger partial charge is 0.114 e. The first kappa shape index (κ1) is 21.4. The molecule has 2 aromatic rings. The van der Waals surface area contributed by atoms with E-state index in [0.29, 0.717) is 13.2 Å². The van der Waals surface area contributed by atoms with Crippen LogP contribution in [0.4, 0.5) is 0 Å². The molecule has 0 unspecified atom stereocenters. The fourth-order valence-electron chi connectivity index (χ4n) is 4.16. The third kappa shape index (κ3) is 5.19. The van der Waals surface area contributed by atoms with Crippen molar-refractivity contribution in [2.24, 2.45) is 10.9 Å². The molecule has 1 fully saturated rings. The fraction of sp³-hybridized carbons (Fsp3) is 0.522. The van der Waals surface area contributed by atoms with Gasteiger partial charge in [0.25, 0.3) is 0 Å². The minimum Gasteiger partial charge on any atom is -0.396 e. The predicted molar refractivity (Wildman–Crippen MR) is 117 cm³/mol. The van der Waals surface area contributed by atoms with Crippen molar-refractivity contribution >= 4 is 5.71 Å². The second kappa shape index (κ2) is 10.5. The lowest BCUT2D eigenvalue weighted by molar-refractivity contribution is 0.106. The topological polar surface area (TPSA) is 76.6 Å². The Morgan fingerprint density at radius 3 is 2.10 bits per heavy atom. The van der Waals surface area contributed by atoms with Crippen molar-refractivity contribution in [3.63, 3.8) is 0 Å². The van der Waals surface area contributed by atoms with Crippen LogP contribution in [0, 0.1) is 13.8 Å². The van der Waals surface area contributed by atoms with Gasteiger partial charge in [-0.15, -0.1) is 0 Å². The zero-order chi connectivity index (χ0) is 20.6. The number of nitrogens with zero attached hydrogens (tertiary/aromatic N) is 4. The molecular formula is C23H33N5O. The number of aromatic nitrogens is 2. The molecule has 2 N–H and O–H groups in total. The first-order valence-corrected chi connectivity index (χ1v) is 10.6. The predicted octanol–water partition coefficient (Wildman–Crippen LogP) is 4.10. The van der Waals surface area contributed by atoms with Gasteiger partial charge in [0, 0.05) is 25.2 Å². The molecule has 3 rings (SSSR count). The van der Waals surface area contributed by atoms with E-state index in [4.69, 9.17) is 20.5 Å². The summed E-state index contributed by atoms with van der Waals surface area (Å²) in [4.78, 5) is 17.5. The summed E-state index contributed by atoms with van der Waals surface area (Å²) in [5.74, 6) is 0. The van der Waals surface area contributed by atoms with Crippen LogP contribution in [0.25, 0.3) is 0 Å². The Morgan fingerprint density at radius 2 is 1.62 bits per heavy atom. The summed E-state index contributed by atoms with van der Waals surface area (Å²) in [7, 11) is 0. The highest BCUT2D eigenvalue weighted by atomic mass is 16.6. The van der Waals surface area contributed by atoms with Crippen LogP contribution in [0.5, 0.6) is 0 Å². The highest BCUT2D eigenvalue weighted by Gasteiger charge is 2.38. The molecule has 1 saturated heterocycles. The zero-order valence-electron chi connectivity index (χ0n) is 17.8. The van der Waals surface area contributed by atoms with E-state index in [0.717, 1.165) is 49.3 Å². The molecule has 29 heavy (non-hydrogen) atoms. The molecule has 0 bridgehead atoms. The Balaban J connectivity index is 2.04. The number of piperidine rings is 1. The monoisotopic (exact) mass is 395 g/mol. The molecule has 3 heterocycles. The molecule has 0 spiro atoms. The standard InChI is InChI=1S/C23H33N5O/c1-4-29-27-19-15-20(22-17(2)9-7-12-25-22)28(14-6-5-11-24)21(16-19)23-18(3)10-8-13-26-23/h7-10,12-13,20-21H,4-6,11,14-16,24H2,1-3H3/t20-,21+. The molecule has 1 aliphatic heterocycles. The molecule has 0 aliphatic carbocycles. The lowest BCUT2D eigenvalue weighted by atomic mass is 9.87. The van der Waals surface area contributed by atoms with Crippen LogP contribution in [0.2, 0.25) is 0 Å². The van der Waals surface area contributed by atoms with Crippen LogP contribution in [0.15, 0.2) is 41.8 Å². The average Bonchev–Trinajstić information content (AvgIpc) is 2.73. The molecule has 156 valence electrons. The van der Waals surface area contributed by atoms with Crippen molar-refractivity contribution in [1.29, 1.82) is 0 Å². The molecule has 1 aliphatic rings. The van der Waals surface area contributed by atoms with Crippen LogP contribution >= 0.6 is 0 Å². The zero-order valence-corrected chi connectivity index (χ0v) is 17.8. The van der Waals surface area contributed by atoms with Crippen LogP contribution < -0.4 is 5.73 Å². The van der Waals surface area contributed by atoms with E-state index in [1.807, 2.05) is 31.5 Å². The fourth-order valence-corrected chi connectivity index (χ4v) is 4.16. The molecule has 2 atom stereocenters. The maximum atomic E-state index is 5.78. The number of rotatable bonds is 8. The summed E-state index contributed by atoms with van der Waals surface area (Å²) in [6, 6.07) is 8.55. The molecular weight excluding hydrogens is 362 g/mol. The molecule has 6 nitrogen and oxygen atoms in total. The van der Waals surface area contributed by atoms with E-state index in [9.17, 15) is 0 Å². The highest BCUT2D eigenvalue weighted by molar-refractivity contribution is 5.86. The molecule has 0 amide bonds. The van der Waals surface area contributed by atoms with Gasteiger partial charge < -0.3 is 10.6 Å². The van der Waals surface area contributed by atoms with Gasteiger partial charge in [-0.05, 0) is 70.0 Å². The maximum absolute atomic E-state index is 5.78. The molecule has 2 aromatic heterocycles. The van der Waals surface area contributed by atoms with E-state index < -0.39 is 0 Å². The molecule has 0 aromatic carbocycles. The summed E-state index contributed by atoms with van der Waals surface area (Å²) < 4.78 is 0. The first-order chi connectivity index (χ1) is 14.2. The largest absolute Gasteiger partial charge is 0.396 e. The Hall–Kier alpha value is -2.31. The van der Waals surface area contributed by atoms with E-state index in [1.165, 1.54) is 11.1 Å². The highest BCUT2D eigenvalue weighted by Crippen LogP contribution is 2.41. The van der Waals surface area contributed by atoms with Crippen molar-refractivity contribution in [1.82, 2.24) is 14.9 Å². The number of hydrogen-bond donors (Lipinski definition) is 1. The lowest BCUT2D eigenvalue weighted by Crippen LogP contribution is -2.42. The quantitative estimate of drug-likeness (QED) is 0.538. The van der Waals surface area contributed by atoms with E-state index in [2.05, 4.69) is 36.0 Å². The minimum absolute atomic E-state index is 0.147. The number of unbranched alkanes of at least 4 members (excludes halogenated alkanes) is 1. The average molecular weight is 396 g/mol. The summed E-state index contributed by atoms with van der Waals surface area (Å²) >= 11 is 0. The number of oxime groups is 1. The van der Waals surface area contributed by atoms with Gasteiger partial charge in [0.2, 0.25) is 0 Å². The second-order valence-electron chi connectivity index (χ2n) is 7.66. The first-order valence-electron chi connectivity index (χ1n) is 10.6. The number of hydrogen-bond acceptors (Lipinski definition) is 6. The maximum Gasteiger partial charge on any atom is 0.114 e. The third-order valence-corrected chi connectivity index (χ3v) is 5.58. The van der Waals surface area contributed by atoms with Crippen LogP contribution in [0.1, 0.15) is 67.2 Å². The summed E-state index contributed by atoms with van der Waals surface area (Å²) in [6.45, 7) is 8.48. The Bertz CT molecular complexity index is 765. The number of aryl methyl sites for hydroxylation is 2. The van der Waals surface area contributed by atoms with Crippen molar-refractivity contribution in [2.45, 2.75) is 58.5 Å². The SMILES string of the molecule is CCON=C1C[C@H](c2ncccc2C)N(CCCCN)[C@H](c2ncccc2C)C1. The number of pyridine rings is 2. The Labute approximate surface area is 174 Å². The number of nitrogens with two attached hydrogens (primary N) is 1. The normalized spacial score (nSPS) is 21.4. The van der Waals surface area contributed by atoms with E-state index in [1.54, 1.807) is 0 Å². The Morgan fingerprint density at radius 1 is 1.03 bits per heavy atom. The molecule has 6 heteroatoms. The van der Waals surface area contributed by atoms with Gasteiger partial charge in [0.05, 0.1) is 29.2 Å². The van der Waals surface area contributed by atoms with E-state index in [-0.39, 0.29) is 12.1 Å². The Kier molecular flexibility index (Phi) is 7.72. The third-order valence-electron chi connectivity index (χ3n) is 5.58. The van der Waals surface area contributed by atoms with Gasteiger partial charge in [0.15, 0.2) is 0 Å². The van der Waals surface area contributed by atoms with E-state index >= 15 is 0 Å². The van der Waals surface area contributed by atoms with Crippen molar-refractivity contribution < 1.29 is 4.84 Å². The van der Waals surface area contributed by atoms with Crippen molar-refractivity contribution in [3.8, 4) is 0 Å². The van der Waals surface area contributed by atoms with Gasteiger partial charge >= 0.3 is 0 Å². The second-order valence-corrected chi connectivity index (χ2v) is 7.66. The van der Waals surface area contributed by atoms with Crippen LogP contribution in [-0.2, 0) is 4.84 Å². The van der Waals surface area contributed by atoms with Crippen molar-refractivity contribution in [2.75, 3.05) is 19.7 Å². The summed E-state index contributed by atoms with van der Waals surface area (Å²) in [5, 5.41) is 4.46. The van der Waals surface area contributed by atoms with Crippen molar-refractivity contribution in [3.05, 3.63) is 59.2 Å². The van der Waals surface area contributed by atoms with Gasteiger partial charge in [-0.3, -0.25) is 14.9 Å². The van der Waals surface area contributed by atoms with Gasteiger partial charge in [-0.25, -0.2) is 0 Å². The lowest BCUT2D eigenvalue weighted by Gasteiger charge is -2.42. The van der Waals surface area contributed by atoms with Crippen LogP contribution in [0.3, 0.4) is 0 Å². The van der Waals surface area contributed by atoms with Crippen LogP contribution in [-0.4, -0.2) is 40.3 Å². The molecule has 0 saturated carbocycles. The summed E-state index contributed by atoms with van der Waals surface area (Å²) in [5.41, 5.74) is 11.5. The van der Waals surface area contributed by atoms with Gasteiger partial charge in [-0.1, -0.05) is 17.3 Å². The van der Waals surface area contributed by atoms with Gasteiger partial charge in [-0.2, -0.15) is 0 Å². The molecule has 0 radical (unpaired) electrons. The number of likely N-dealkylation sites (tertiary alicyclic amines) is 1.